The Balaban J connectivity index is 1.89. The highest BCUT2D eigenvalue weighted by atomic mass is 16.1. The van der Waals surface area contributed by atoms with Crippen LogP contribution in [0.2, 0.25) is 0 Å². The van der Waals surface area contributed by atoms with Crippen molar-refractivity contribution < 1.29 is 4.79 Å². The van der Waals surface area contributed by atoms with Gasteiger partial charge in [0.05, 0.1) is 11.9 Å². The quantitative estimate of drug-likeness (QED) is 0.848. The van der Waals surface area contributed by atoms with Crippen LogP contribution in [0.1, 0.15) is 29.4 Å². The SMILES string of the molecule is CCCNc1ccc(C(=O)NCc2ccccc2)nc1. The Bertz CT molecular complexity index is 537. The Morgan fingerprint density at radius 2 is 1.95 bits per heavy atom. The zero-order valence-corrected chi connectivity index (χ0v) is 11.6. The van der Waals surface area contributed by atoms with Crippen LogP contribution in [0.4, 0.5) is 5.69 Å². The lowest BCUT2D eigenvalue weighted by molar-refractivity contribution is 0.0946. The molecule has 2 rings (SSSR count). The van der Waals surface area contributed by atoms with Crippen molar-refractivity contribution in [2.75, 3.05) is 11.9 Å². The van der Waals surface area contributed by atoms with Crippen LogP contribution >= 0.6 is 0 Å². The van der Waals surface area contributed by atoms with Crippen LogP contribution in [0.15, 0.2) is 48.7 Å². The van der Waals surface area contributed by atoms with E-state index in [-0.39, 0.29) is 5.91 Å². The Morgan fingerprint density at radius 1 is 1.15 bits per heavy atom. The molecule has 0 saturated heterocycles. The predicted molar refractivity (Wildman–Crippen MR) is 80.6 cm³/mol. The van der Waals surface area contributed by atoms with Crippen LogP contribution in [-0.4, -0.2) is 17.4 Å². The number of anilines is 1. The van der Waals surface area contributed by atoms with E-state index in [2.05, 4.69) is 22.5 Å². The average molecular weight is 269 g/mol. The molecule has 1 aromatic heterocycles. The minimum absolute atomic E-state index is 0.157. The Morgan fingerprint density at radius 3 is 2.60 bits per heavy atom. The van der Waals surface area contributed by atoms with E-state index in [1.165, 1.54) is 0 Å². The third-order valence-corrected chi connectivity index (χ3v) is 2.87. The van der Waals surface area contributed by atoms with Crippen molar-refractivity contribution in [1.82, 2.24) is 10.3 Å². The lowest BCUT2D eigenvalue weighted by atomic mass is 10.2. The first kappa shape index (κ1) is 14.1. The number of carbonyl (C=O) groups is 1. The summed E-state index contributed by atoms with van der Waals surface area (Å²) < 4.78 is 0. The summed E-state index contributed by atoms with van der Waals surface area (Å²) in [5.41, 5.74) is 2.44. The number of hydrogen-bond acceptors (Lipinski definition) is 3. The fraction of sp³-hybridized carbons (Fsp3) is 0.250. The molecule has 0 aliphatic heterocycles. The third-order valence-electron chi connectivity index (χ3n) is 2.87. The van der Waals surface area contributed by atoms with Gasteiger partial charge < -0.3 is 10.6 Å². The molecule has 20 heavy (non-hydrogen) atoms. The molecule has 4 nitrogen and oxygen atoms in total. The van der Waals surface area contributed by atoms with Gasteiger partial charge in [-0.05, 0) is 24.1 Å². The van der Waals surface area contributed by atoms with E-state index < -0.39 is 0 Å². The topological polar surface area (TPSA) is 54.0 Å². The summed E-state index contributed by atoms with van der Waals surface area (Å²) in [6.07, 6.45) is 2.74. The number of nitrogens with zero attached hydrogens (tertiary/aromatic N) is 1. The minimum atomic E-state index is -0.157. The molecule has 0 aliphatic carbocycles. The second kappa shape index (κ2) is 7.28. The molecule has 2 aromatic rings. The summed E-state index contributed by atoms with van der Waals surface area (Å²) in [5.74, 6) is -0.157. The van der Waals surface area contributed by atoms with E-state index in [0.717, 1.165) is 24.2 Å². The molecular formula is C16H19N3O. The lowest BCUT2D eigenvalue weighted by Gasteiger charge is -2.07. The Labute approximate surface area is 119 Å². The number of pyridine rings is 1. The molecule has 0 fully saturated rings. The maximum absolute atomic E-state index is 11.9. The highest BCUT2D eigenvalue weighted by Crippen LogP contribution is 2.06. The molecule has 1 aromatic carbocycles. The smallest absolute Gasteiger partial charge is 0.270 e. The van der Waals surface area contributed by atoms with E-state index in [1.807, 2.05) is 36.4 Å². The van der Waals surface area contributed by atoms with Crippen LogP contribution in [0.5, 0.6) is 0 Å². The van der Waals surface area contributed by atoms with Gasteiger partial charge in [0.1, 0.15) is 5.69 Å². The van der Waals surface area contributed by atoms with E-state index in [9.17, 15) is 4.79 Å². The van der Waals surface area contributed by atoms with Crippen LogP contribution in [0, 0.1) is 0 Å². The third kappa shape index (κ3) is 4.09. The fourth-order valence-electron chi connectivity index (χ4n) is 1.77. The zero-order chi connectivity index (χ0) is 14.2. The van der Waals surface area contributed by atoms with Gasteiger partial charge in [-0.25, -0.2) is 4.98 Å². The van der Waals surface area contributed by atoms with Crippen molar-refractivity contribution in [3.8, 4) is 0 Å². The van der Waals surface area contributed by atoms with Crippen molar-refractivity contribution in [3.05, 3.63) is 59.9 Å². The van der Waals surface area contributed by atoms with Crippen LogP contribution < -0.4 is 10.6 Å². The summed E-state index contributed by atoms with van der Waals surface area (Å²) in [5, 5.41) is 6.08. The van der Waals surface area contributed by atoms with Crippen LogP contribution in [-0.2, 0) is 6.54 Å². The summed E-state index contributed by atoms with van der Waals surface area (Å²) in [7, 11) is 0. The lowest BCUT2D eigenvalue weighted by Crippen LogP contribution is -2.23. The van der Waals surface area contributed by atoms with E-state index in [4.69, 9.17) is 0 Å². The van der Waals surface area contributed by atoms with Gasteiger partial charge in [0.15, 0.2) is 0 Å². The largest absolute Gasteiger partial charge is 0.384 e. The number of amides is 1. The predicted octanol–water partition coefficient (Wildman–Crippen LogP) is 2.83. The first-order valence-corrected chi connectivity index (χ1v) is 6.81. The van der Waals surface area contributed by atoms with Gasteiger partial charge in [-0.1, -0.05) is 37.3 Å². The number of benzene rings is 1. The summed E-state index contributed by atoms with van der Waals surface area (Å²) in [6.45, 7) is 3.52. The molecule has 104 valence electrons. The summed E-state index contributed by atoms with van der Waals surface area (Å²) in [4.78, 5) is 16.1. The molecule has 0 aliphatic rings. The maximum Gasteiger partial charge on any atom is 0.270 e. The first-order chi connectivity index (χ1) is 9.79. The van der Waals surface area contributed by atoms with Crippen molar-refractivity contribution >= 4 is 11.6 Å². The summed E-state index contributed by atoms with van der Waals surface area (Å²) >= 11 is 0. The molecule has 0 spiro atoms. The second-order valence-corrected chi connectivity index (χ2v) is 4.53. The number of aromatic nitrogens is 1. The van der Waals surface area contributed by atoms with E-state index >= 15 is 0 Å². The minimum Gasteiger partial charge on any atom is -0.384 e. The number of nitrogens with one attached hydrogen (secondary N) is 2. The molecule has 0 radical (unpaired) electrons. The molecule has 1 amide bonds. The molecular weight excluding hydrogens is 250 g/mol. The zero-order valence-electron chi connectivity index (χ0n) is 11.6. The maximum atomic E-state index is 11.9. The fourth-order valence-corrected chi connectivity index (χ4v) is 1.77. The van der Waals surface area contributed by atoms with Gasteiger partial charge >= 0.3 is 0 Å². The van der Waals surface area contributed by atoms with E-state index in [1.54, 1.807) is 12.3 Å². The van der Waals surface area contributed by atoms with Gasteiger partial charge in [-0.15, -0.1) is 0 Å². The van der Waals surface area contributed by atoms with Gasteiger partial charge in [0.2, 0.25) is 0 Å². The van der Waals surface area contributed by atoms with Crippen LogP contribution in [0.3, 0.4) is 0 Å². The van der Waals surface area contributed by atoms with Gasteiger partial charge in [-0.3, -0.25) is 4.79 Å². The van der Waals surface area contributed by atoms with Crippen molar-refractivity contribution in [1.29, 1.82) is 0 Å². The van der Waals surface area contributed by atoms with Crippen molar-refractivity contribution in [2.45, 2.75) is 19.9 Å². The number of carbonyl (C=O) groups excluding carboxylic acids is 1. The molecule has 0 atom stereocenters. The van der Waals surface area contributed by atoms with Crippen molar-refractivity contribution in [3.63, 3.8) is 0 Å². The molecule has 2 N–H and O–H groups in total. The molecule has 0 saturated carbocycles. The molecule has 4 heteroatoms. The van der Waals surface area contributed by atoms with Gasteiger partial charge in [0, 0.05) is 13.1 Å². The standard InChI is InChI=1S/C16H19N3O/c1-2-10-17-14-8-9-15(18-12-14)16(20)19-11-13-6-4-3-5-7-13/h3-9,12,17H,2,10-11H2,1H3,(H,19,20). The van der Waals surface area contributed by atoms with Crippen LogP contribution in [0.25, 0.3) is 0 Å². The molecule has 1 heterocycles. The number of hydrogen-bond donors (Lipinski definition) is 2. The second-order valence-electron chi connectivity index (χ2n) is 4.53. The average Bonchev–Trinajstić information content (AvgIpc) is 2.52. The summed E-state index contributed by atoms with van der Waals surface area (Å²) in [6, 6.07) is 13.4. The normalized spacial score (nSPS) is 10.1. The highest BCUT2D eigenvalue weighted by Gasteiger charge is 2.06. The van der Waals surface area contributed by atoms with E-state index in [0.29, 0.717) is 12.2 Å². The molecule has 0 bridgehead atoms. The Hall–Kier alpha value is -2.36. The first-order valence-electron chi connectivity index (χ1n) is 6.81. The van der Waals surface area contributed by atoms with Gasteiger partial charge in [-0.2, -0.15) is 0 Å². The highest BCUT2D eigenvalue weighted by molar-refractivity contribution is 5.92. The molecule has 0 unspecified atom stereocenters. The van der Waals surface area contributed by atoms with Crippen molar-refractivity contribution in [2.24, 2.45) is 0 Å². The van der Waals surface area contributed by atoms with Gasteiger partial charge in [0.25, 0.3) is 5.91 Å². The number of rotatable bonds is 6. The monoisotopic (exact) mass is 269 g/mol. The Kier molecular flexibility index (Phi) is 5.12.